The summed E-state index contributed by atoms with van der Waals surface area (Å²) in [7, 11) is 0. The summed E-state index contributed by atoms with van der Waals surface area (Å²) in [5.74, 6) is 0. The normalized spacial score (nSPS) is 11.1. The molecule has 0 saturated carbocycles. The average molecular weight is 359 g/mol. The van der Waals surface area contributed by atoms with Crippen molar-refractivity contribution in [2.24, 2.45) is 10.2 Å². The van der Waals surface area contributed by atoms with Gasteiger partial charge in [0.15, 0.2) is 5.58 Å². The number of nitrogens with one attached hydrogen (secondary N) is 1. The van der Waals surface area contributed by atoms with Crippen molar-refractivity contribution in [3.05, 3.63) is 82.9 Å². The molecule has 0 saturated heterocycles. The van der Waals surface area contributed by atoms with Crippen LogP contribution in [0, 0.1) is 10.1 Å². The van der Waals surface area contributed by atoms with E-state index in [1.54, 1.807) is 0 Å². The highest BCUT2D eigenvalue weighted by Gasteiger charge is 2.11. The van der Waals surface area contributed by atoms with E-state index in [2.05, 4.69) is 20.5 Å². The molecule has 0 aliphatic heterocycles. The molecule has 0 atom stereocenters. The molecule has 0 unspecified atom stereocenters. The molecule has 132 valence electrons. The lowest BCUT2D eigenvalue weighted by Crippen LogP contribution is -1.89. The molecule has 0 aliphatic carbocycles. The Kier molecular flexibility index (Phi) is 4.28. The number of anilines is 2. The first-order valence-electron chi connectivity index (χ1n) is 8.06. The van der Waals surface area contributed by atoms with E-state index >= 15 is 0 Å². The number of aromatic nitrogens is 1. The molecule has 4 rings (SSSR count). The van der Waals surface area contributed by atoms with E-state index in [9.17, 15) is 10.1 Å². The number of nitro benzene ring substituents is 1. The van der Waals surface area contributed by atoms with Gasteiger partial charge in [-0.25, -0.2) is 0 Å². The van der Waals surface area contributed by atoms with Gasteiger partial charge in [-0.05, 0) is 42.5 Å². The molecule has 0 aliphatic rings. The maximum Gasteiger partial charge on any atom is 0.300 e. The van der Waals surface area contributed by atoms with E-state index in [1.807, 2.05) is 54.6 Å². The number of hydrogen-bond acceptors (Lipinski definition) is 7. The Morgan fingerprint density at radius 2 is 1.63 bits per heavy atom. The second-order valence-electron chi connectivity index (χ2n) is 5.64. The first kappa shape index (κ1) is 16.4. The van der Waals surface area contributed by atoms with Crippen LogP contribution in [0.4, 0.5) is 28.8 Å². The largest absolute Gasteiger partial charge is 0.423 e. The fourth-order valence-corrected chi connectivity index (χ4v) is 2.43. The monoisotopic (exact) mass is 359 g/mol. The van der Waals surface area contributed by atoms with Crippen molar-refractivity contribution in [2.45, 2.75) is 0 Å². The van der Waals surface area contributed by atoms with Crippen molar-refractivity contribution in [1.82, 2.24) is 4.98 Å². The topological polar surface area (TPSA) is 106 Å². The molecule has 0 spiro atoms. The Morgan fingerprint density at radius 1 is 0.926 bits per heavy atom. The van der Waals surface area contributed by atoms with Gasteiger partial charge in [0.05, 0.1) is 16.3 Å². The van der Waals surface area contributed by atoms with Gasteiger partial charge in [0.1, 0.15) is 5.52 Å². The minimum Gasteiger partial charge on any atom is -0.423 e. The minimum atomic E-state index is -0.468. The maximum absolute atomic E-state index is 10.8. The van der Waals surface area contributed by atoms with Crippen LogP contribution < -0.4 is 5.32 Å². The van der Waals surface area contributed by atoms with Crippen molar-refractivity contribution in [3.8, 4) is 0 Å². The van der Waals surface area contributed by atoms with E-state index in [-0.39, 0.29) is 11.7 Å². The third-order valence-corrected chi connectivity index (χ3v) is 3.74. The van der Waals surface area contributed by atoms with Crippen LogP contribution in [0.5, 0.6) is 0 Å². The van der Waals surface area contributed by atoms with Crippen molar-refractivity contribution >= 4 is 39.9 Å². The van der Waals surface area contributed by atoms with E-state index < -0.39 is 4.92 Å². The van der Waals surface area contributed by atoms with Gasteiger partial charge in [-0.3, -0.25) is 10.1 Å². The van der Waals surface area contributed by atoms with Crippen molar-refractivity contribution in [3.63, 3.8) is 0 Å². The SMILES string of the molecule is O=[N+]([O-])c1ccc2oc(Nc3ccc(N=Nc4ccccc4)cc3)nc2c1. The van der Waals surface area contributed by atoms with Gasteiger partial charge >= 0.3 is 0 Å². The number of azo groups is 1. The molecule has 4 aromatic rings. The molecule has 1 N–H and O–H groups in total. The molecule has 1 heterocycles. The van der Waals surface area contributed by atoms with Crippen molar-refractivity contribution in [1.29, 1.82) is 0 Å². The number of rotatable bonds is 5. The van der Waals surface area contributed by atoms with Crippen molar-refractivity contribution in [2.75, 3.05) is 5.32 Å². The summed E-state index contributed by atoms with van der Waals surface area (Å²) in [5, 5.41) is 22.2. The van der Waals surface area contributed by atoms with E-state index in [0.717, 1.165) is 11.4 Å². The van der Waals surface area contributed by atoms with Crippen LogP contribution in [0.25, 0.3) is 11.1 Å². The van der Waals surface area contributed by atoms with E-state index in [4.69, 9.17) is 4.42 Å². The van der Waals surface area contributed by atoms with Crippen LogP contribution in [0.2, 0.25) is 0 Å². The van der Waals surface area contributed by atoms with Gasteiger partial charge in [-0.15, -0.1) is 0 Å². The van der Waals surface area contributed by atoms with Crippen LogP contribution in [0.1, 0.15) is 0 Å². The second-order valence-corrected chi connectivity index (χ2v) is 5.64. The first-order chi connectivity index (χ1) is 13.2. The quantitative estimate of drug-likeness (QED) is 0.271. The lowest BCUT2D eigenvalue weighted by Gasteiger charge is -2.01. The van der Waals surface area contributed by atoms with E-state index in [1.165, 1.54) is 18.2 Å². The third-order valence-electron chi connectivity index (χ3n) is 3.74. The zero-order chi connectivity index (χ0) is 18.6. The molecule has 3 aromatic carbocycles. The summed E-state index contributed by atoms with van der Waals surface area (Å²) in [6.45, 7) is 0. The van der Waals surface area contributed by atoms with Crippen LogP contribution >= 0.6 is 0 Å². The molecule has 0 radical (unpaired) electrons. The number of hydrogen-bond donors (Lipinski definition) is 1. The van der Waals surface area contributed by atoms with Gasteiger partial charge in [-0.2, -0.15) is 15.2 Å². The zero-order valence-electron chi connectivity index (χ0n) is 13.9. The molecule has 1 aromatic heterocycles. The summed E-state index contributed by atoms with van der Waals surface area (Å²) < 4.78 is 5.56. The minimum absolute atomic E-state index is 0.0320. The first-order valence-corrected chi connectivity index (χ1v) is 8.06. The van der Waals surface area contributed by atoms with Crippen LogP contribution in [0.15, 0.2) is 87.4 Å². The molecule has 0 amide bonds. The Hall–Kier alpha value is -4.07. The molecule has 8 heteroatoms. The Bertz CT molecular complexity index is 1120. The number of nitro groups is 1. The summed E-state index contributed by atoms with van der Waals surface area (Å²) in [6, 6.07) is 21.2. The van der Waals surface area contributed by atoms with Gasteiger partial charge in [0.2, 0.25) is 0 Å². The Morgan fingerprint density at radius 3 is 2.33 bits per heavy atom. The summed E-state index contributed by atoms with van der Waals surface area (Å²) >= 11 is 0. The van der Waals surface area contributed by atoms with Crippen LogP contribution in [-0.2, 0) is 0 Å². The number of benzene rings is 3. The molecule has 0 fully saturated rings. The van der Waals surface area contributed by atoms with Crippen molar-refractivity contribution < 1.29 is 9.34 Å². The Balaban J connectivity index is 1.49. The highest BCUT2D eigenvalue weighted by Crippen LogP contribution is 2.26. The van der Waals surface area contributed by atoms with Crippen LogP contribution in [0.3, 0.4) is 0 Å². The Labute approximate surface area is 153 Å². The average Bonchev–Trinajstić information content (AvgIpc) is 3.09. The lowest BCUT2D eigenvalue weighted by atomic mass is 10.3. The predicted octanol–water partition coefficient (Wildman–Crippen LogP) is 5.90. The lowest BCUT2D eigenvalue weighted by molar-refractivity contribution is -0.384. The number of fused-ring (bicyclic) bond motifs is 1. The van der Waals surface area contributed by atoms with Crippen LogP contribution in [-0.4, -0.2) is 9.91 Å². The number of oxazole rings is 1. The van der Waals surface area contributed by atoms with Gasteiger partial charge in [0.25, 0.3) is 11.7 Å². The second kappa shape index (κ2) is 7.04. The molecule has 8 nitrogen and oxygen atoms in total. The maximum atomic E-state index is 10.8. The fourth-order valence-electron chi connectivity index (χ4n) is 2.43. The molecular weight excluding hydrogens is 346 g/mol. The summed E-state index contributed by atoms with van der Waals surface area (Å²) in [6.07, 6.45) is 0. The number of nitrogens with zero attached hydrogens (tertiary/aromatic N) is 4. The summed E-state index contributed by atoms with van der Waals surface area (Å²) in [5.41, 5.74) is 3.08. The molecule has 27 heavy (non-hydrogen) atoms. The smallest absolute Gasteiger partial charge is 0.300 e. The number of non-ortho nitro benzene ring substituents is 1. The highest BCUT2D eigenvalue weighted by molar-refractivity contribution is 5.78. The summed E-state index contributed by atoms with van der Waals surface area (Å²) in [4.78, 5) is 14.6. The third kappa shape index (κ3) is 3.79. The molecular formula is C19H13N5O3. The fraction of sp³-hybridized carbons (Fsp3) is 0. The molecule has 0 bridgehead atoms. The van der Waals surface area contributed by atoms with Gasteiger partial charge < -0.3 is 9.73 Å². The van der Waals surface area contributed by atoms with E-state index in [0.29, 0.717) is 16.8 Å². The standard InChI is InChI=1S/C19H13N5O3/c25-24(26)16-10-11-18-17(12-16)21-19(27-18)20-13-6-8-15(9-7-13)23-22-14-4-2-1-3-5-14/h1-12H,(H,20,21). The van der Waals surface area contributed by atoms with Gasteiger partial charge in [0, 0.05) is 17.8 Å². The zero-order valence-corrected chi connectivity index (χ0v) is 13.9. The van der Waals surface area contributed by atoms with Gasteiger partial charge in [-0.1, -0.05) is 18.2 Å². The highest BCUT2D eigenvalue weighted by atomic mass is 16.6. The predicted molar refractivity (Wildman–Crippen MR) is 101 cm³/mol.